The third-order valence-corrected chi connectivity index (χ3v) is 2.61. The molecule has 1 aromatic carbocycles. The van der Waals surface area contributed by atoms with Gasteiger partial charge in [-0.3, -0.25) is 4.79 Å². The van der Waals surface area contributed by atoms with Crippen LogP contribution in [0, 0.1) is 11.7 Å². The Morgan fingerprint density at radius 2 is 2.05 bits per heavy atom. The number of amides is 1. The van der Waals surface area contributed by atoms with E-state index in [-0.39, 0.29) is 23.6 Å². The summed E-state index contributed by atoms with van der Waals surface area (Å²) in [6, 6.07) is 2.81. The molecule has 1 rings (SSSR count). The number of hydrogen-bond donors (Lipinski definition) is 3. The van der Waals surface area contributed by atoms with Crippen molar-refractivity contribution >= 4 is 17.6 Å². The summed E-state index contributed by atoms with van der Waals surface area (Å²) >= 11 is 0. The maximum atomic E-state index is 13.2. The van der Waals surface area contributed by atoms with E-state index >= 15 is 0 Å². The first kappa shape index (κ1) is 14.9. The Morgan fingerprint density at radius 3 is 2.58 bits per heavy atom. The van der Waals surface area contributed by atoms with E-state index in [1.807, 2.05) is 13.8 Å². The fourth-order valence-electron chi connectivity index (χ4n) is 1.66. The van der Waals surface area contributed by atoms with Gasteiger partial charge in [-0.05, 0) is 24.5 Å². The summed E-state index contributed by atoms with van der Waals surface area (Å²) in [5.74, 6) is -2.42. The van der Waals surface area contributed by atoms with E-state index < -0.39 is 23.7 Å². The number of para-hydroxylation sites is 1. The van der Waals surface area contributed by atoms with E-state index in [0.29, 0.717) is 0 Å². The summed E-state index contributed by atoms with van der Waals surface area (Å²) in [6.45, 7) is 3.69. The number of aliphatic carboxylic acids is 1. The predicted octanol–water partition coefficient (Wildman–Crippen LogP) is 1.64. The lowest BCUT2D eigenvalue weighted by molar-refractivity contribution is -0.139. The maximum absolute atomic E-state index is 13.2. The van der Waals surface area contributed by atoms with Crippen molar-refractivity contribution in [2.45, 2.75) is 26.3 Å². The highest BCUT2D eigenvalue weighted by atomic mass is 19.1. The summed E-state index contributed by atoms with van der Waals surface area (Å²) in [4.78, 5) is 22.9. The van der Waals surface area contributed by atoms with Crippen molar-refractivity contribution < 1.29 is 19.1 Å². The van der Waals surface area contributed by atoms with Crippen molar-refractivity contribution in [1.29, 1.82) is 0 Å². The molecule has 0 saturated carbocycles. The Morgan fingerprint density at radius 1 is 1.42 bits per heavy atom. The number of carbonyl (C=O) groups is 2. The van der Waals surface area contributed by atoms with Crippen LogP contribution < -0.4 is 11.1 Å². The van der Waals surface area contributed by atoms with Gasteiger partial charge in [0.1, 0.15) is 11.9 Å². The number of rotatable bonds is 5. The van der Waals surface area contributed by atoms with Crippen LogP contribution in [-0.4, -0.2) is 23.0 Å². The molecule has 6 heteroatoms. The minimum absolute atomic E-state index is 0.0602. The first-order chi connectivity index (χ1) is 8.82. The average Bonchev–Trinajstić information content (AvgIpc) is 2.31. The zero-order valence-electron chi connectivity index (χ0n) is 10.8. The highest BCUT2D eigenvalue weighted by Crippen LogP contribution is 2.16. The molecule has 0 aliphatic heterocycles. The van der Waals surface area contributed by atoms with Crippen molar-refractivity contribution in [3.8, 4) is 0 Å². The number of carbonyl (C=O) groups excluding carboxylic acids is 1. The standard InChI is InChI=1S/C13H17FN2O3/c1-7(2)6-10(13(18)19)16-12(17)8-4-3-5-9(14)11(8)15/h3-5,7,10H,6,15H2,1-2H3,(H,16,17)(H,18,19). The fourth-order valence-corrected chi connectivity index (χ4v) is 1.66. The number of carboxylic acid groups (broad SMARTS) is 1. The van der Waals surface area contributed by atoms with E-state index in [1.54, 1.807) is 0 Å². The average molecular weight is 268 g/mol. The third-order valence-electron chi connectivity index (χ3n) is 2.61. The molecule has 0 saturated heterocycles. The van der Waals surface area contributed by atoms with Gasteiger partial charge >= 0.3 is 5.97 Å². The number of halogens is 1. The van der Waals surface area contributed by atoms with E-state index in [9.17, 15) is 14.0 Å². The second-order valence-electron chi connectivity index (χ2n) is 4.69. The minimum atomic E-state index is -1.13. The van der Waals surface area contributed by atoms with E-state index in [1.165, 1.54) is 12.1 Å². The Bertz CT molecular complexity index is 489. The smallest absolute Gasteiger partial charge is 0.326 e. The minimum Gasteiger partial charge on any atom is -0.480 e. The third kappa shape index (κ3) is 3.94. The lowest BCUT2D eigenvalue weighted by Gasteiger charge is -2.17. The topological polar surface area (TPSA) is 92.4 Å². The molecular formula is C13H17FN2O3. The van der Waals surface area contributed by atoms with Gasteiger partial charge < -0.3 is 16.2 Å². The normalized spacial score (nSPS) is 12.2. The molecule has 5 nitrogen and oxygen atoms in total. The number of carboxylic acids is 1. The number of nitrogens with one attached hydrogen (secondary N) is 1. The largest absolute Gasteiger partial charge is 0.480 e. The van der Waals surface area contributed by atoms with Gasteiger partial charge in [0.2, 0.25) is 0 Å². The van der Waals surface area contributed by atoms with Gasteiger partial charge in [-0.25, -0.2) is 9.18 Å². The van der Waals surface area contributed by atoms with Crippen LogP contribution in [0.3, 0.4) is 0 Å². The van der Waals surface area contributed by atoms with Crippen LogP contribution in [0.1, 0.15) is 30.6 Å². The molecule has 0 fully saturated rings. The van der Waals surface area contributed by atoms with Crippen molar-refractivity contribution in [2.75, 3.05) is 5.73 Å². The molecule has 104 valence electrons. The van der Waals surface area contributed by atoms with Crippen molar-refractivity contribution in [1.82, 2.24) is 5.32 Å². The van der Waals surface area contributed by atoms with Crippen LogP contribution in [0.4, 0.5) is 10.1 Å². The van der Waals surface area contributed by atoms with Crippen LogP contribution in [0.25, 0.3) is 0 Å². The Kier molecular flexibility index (Phi) is 4.86. The summed E-state index contributed by atoms with van der Waals surface area (Å²) < 4.78 is 13.2. The second-order valence-corrected chi connectivity index (χ2v) is 4.69. The lowest BCUT2D eigenvalue weighted by atomic mass is 10.0. The van der Waals surface area contributed by atoms with Crippen LogP contribution in [0.2, 0.25) is 0 Å². The van der Waals surface area contributed by atoms with Gasteiger partial charge in [0.05, 0.1) is 11.3 Å². The molecule has 0 spiro atoms. The summed E-state index contributed by atoms with van der Waals surface area (Å²) in [5.41, 5.74) is 5.11. The van der Waals surface area contributed by atoms with Gasteiger partial charge in [-0.15, -0.1) is 0 Å². The molecule has 0 aliphatic rings. The van der Waals surface area contributed by atoms with E-state index in [2.05, 4.69) is 5.32 Å². The Balaban J connectivity index is 2.88. The predicted molar refractivity (Wildman–Crippen MR) is 69.2 cm³/mol. The lowest BCUT2D eigenvalue weighted by Crippen LogP contribution is -2.41. The molecule has 19 heavy (non-hydrogen) atoms. The van der Waals surface area contributed by atoms with Gasteiger partial charge in [0.15, 0.2) is 0 Å². The molecule has 1 amide bonds. The number of benzene rings is 1. The molecule has 1 unspecified atom stereocenters. The van der Waals surface area contributed by atoms with Gasteiger partial charge in [0.25, 0.3) is 5.91 Å². The molecule has 0 radical (unpaired) electrons. The quantitative estimate of drug-likeness (QED) is 0.708. The zero-order valence-corrected chi connectivity index (χ0v) is 10.8. The molecule has 1 atom stereocenters. The van der Waals surface area contributed by atoms with E-state index in [4.69, 9.17) is 10.8 Å². The van der Waals surface area contributed by atoms with Crippen molar-refractivity contribution in [3.63, 3.8) is 0 Å². The molecular weight excluding hydrogens is 251 g/mol. The van der Waals surface area contributed by atoms with Crippen LogP contribution in [0.5, 0.6) is 0 Å². The summed E-state index contributed by atoms with van der Waals surface area (Å²) in [5, 5.41) is 11.4. The van der Waals surface area contributed by atoms with Gasteiger partial charge in [-0.1, -0.05) is 19.9 Å². The molecule has 0 bridgehead atoms. The SMILES string of the molecule is CC(C)CC(NC(=O)c1cccc(F)c1N)C(=O)O. The summed E-state index contributed by atoms with van der Waals surface area (Å²) in [6.07, 6.45) is 0.288. The number of hydrogen-bond acceptors (Lipinski definition) is 3. The van der Waals surface area contributed by atoms with Gasteiger partial charge in [0, 0.05) is 0 Å². The Labute approximate surface area is 110 Å². The molecule has 0 heterocycles. The molecule has 1 aromatic rings. The monoisotopic (exact) mass is 268 g/mol. The molecule has 0 aromatic heterocycles. The van der Waals surface area contributed by atoms with E-state index in [0.717, 1.165) is 6.07 Å². The zero-order chi connectivity index (χ0) is 14.6. The van der Waals surface area contributed by atoms with Crippen molar-refractivity contribution in [2.24, 2.45) is 5.92 Å². The fraction of sp³-hybridized carbons (Fsp3) is 0.385. The maximum Gasteiger partial charge on any atom is 0.326 e. The number of nitrogens with two attached hydrogens (primary N) is 1. The van der Waals surface area contributed by atoms with Crippen LogP contribution in [0.15, 0.2) is 18.2 Å². The summed E-state index contributed by atoms with van der Waals surface area (Å²) in [7, 11) is 0. The number of anilines is 1. The highest BCUT2D eigenvalue weighted by Gasteiger charge is 2.23. The highest BCUT2D eigenvalue weighted by molar-refractivity contribution is 6.00. The van der Waals surface area contributed by atoms with Gasteiger partial charge in [-0.2, -0.15) is 0 Å². The molecule has 0 aliphatic carbocycles. The van der Waals surface area contributed by atoms with Crippen LogP contribution >= 0.6 is 0 Å². The van der Waals surface area contributed by atoms with Crippen molar-refractivity contribution in [3.05, 3.63) is 29.6 Å². The molecule has 4 N–H and O–H groups in total. The Hall–Kier alpha value is -2.11. The first-order valence-electron chi connectivity index (χ1n) is 5.90. The second kappa shape index (κ2) is 6.17. The first-order valence-corrected chi connectivity index (χ1v) is 5.90. The number of nitrogen functional groups attached to an aromatic ring is 1. The van der Waals surface area contributed by atoms with Crippen LogP contribution in [-0.2, 0) is 4.79 Å².